The molecule has 0 spiro atoms. The third kappa shape index (κ3) is 2.38. The lowest BCUT2D eigenvalue weighted by molar-refractivity contribution is -0.121. The summed E-state index contributed by atoms with van der Waals surface area (Å²) in [5.74, 6) is 0. The average Bonchev–Trinajstić information content (AvgIpc) is 2.00. The van der Waals surface area contributed by atoms with Crippen LogP contribution in [0.1, 0.15) is 0 Å². The van der Waals surface area contributed by atoms with Gasteiger partial charge in [-0.15, -0.1) is 0 Å². The zero-order valence-electron chi connectivity index (χ0n) is 5.14. The summed E-state index contributed by atoms with van der Waals surface area (Å²) in [7, 11) is 0. The van der Waals surface area contributed by atoms with Crippen LogP contribution >= 0.6 is 0 Å². The van der Waals surface area contributed by atoms with Gasteiger partial charge in [-0.1, -0.05) is 0 Å². The molecule has 0 saturated carbocycles. The Balaban J connectivity index is 3.80. The number of hydrogen-bond acceptors (Lipinski definition) is 4. The zero-order valence-corrected chi connectivity index (χ0v) is 5.14. The highest BCUT2D eigenvalue weighted by molar-refractivity contribution is 5.56. The van der Waals surface area contributed by atoms with Gasteiger partial charge in [0.1, 0.15) is 12.2 Å². The van der Waals surface area contributed by atoms with E-state index in [4.69, 9.17) is 15.3 Å². The number of aliphatic hydroxyl groups excluding tert-OH is 3. The summed E-state index contributed by atoms with van der Waals surface area (Å²) in [5.41, 5.74) is 0. The van der Waals surface area contributed by atoms with Gasteiger partial charge in [0.25, 0.3) is 0 Å². The monoisotopic (exact) mass is 152 g/mol. The summed E-state index contributed by atoms with van der Waals surface area (Å²) >= 11 is 0. The van der Waals surface area contributed by atoms with Crippen molar-refractivity contribution in [3.05, 3.63) is 0 Å². The molecule has 0 rings (SSSR count). The Hall–Kier alpha value is -0.520. The van der Waals surface area contributed by atoms with Crippen LogP contribution in [0, 0.1) is 0 Å². The first kappa shape index (κ1) is 9.48. The molecule has 0 bridgehead atoms. The molecule has 0 aromatic heterocycles. The highest BCUT2D eigenvalue weighted by Crippen LogP contribution is 2.02. The van der Waals surface area contributed by atoms with Gasteiger partial charge in [-0.3, -0.25) is 0 Å². The van der Waals surface area contributed by atoms with Gasteiger partial charge in [0.2, 0.25) is 0 Å². The van der Waals surface area contributed by atoms with Crippen molar-refractivity contribution in [2.24, 2.45) is 0 Å². The highest BCUT2D eigenvalue weighted by atomic mass is 19.1. The van der Waals surface area contributed by atoms with Crippen LogP contribution in [0.5, 0.6) is 0 Å². The fourth-order valence-corrected chi connectivity index (χ4v) is 0.403. The second kappa shape index (κ2) is 4.32. The average molecular weight is 152 g/mol. The van der Waals surface area contributed by atoms with Gasteiger partial charge in [-0.2, -0.15) is 0 Å². The van der Waals surface area contributed by atoms with Gasteiger partial charge in [0.15, 0.2) is 12.5 Å². The summed E-state index contributed by atoms with van der Waals surface area (Å²) in [5, 5.41) is 25.0. The molecule has 60 valence electrons. The van der Waals surface area contributed by atoms with Crippen LogP contribution in [0.25, 0.3) is 0 Å². The number of aliphatic hydroxyl groups is 3. The maximum absolute atomic E-state index is 12.3. The van der Waals surface area contributed by atoms with Gasteiger partial charge in [-0.25, -0.2) is 4.39 Å². The van der Waals surface area contributed by atoms with Gasteiger partial charge in [0, 0.05) is 0 Å². The van der Waals surface area contributed by atoms with E-state index in [1.54, 1.807) is 0 Å². The van der Waals surface area contributed by atoms with Crippen LogP contribution < -0.4 is 0 Å². The molecule has 0 aliphatic heterocycles. The Morgan fingerprint density at radius 1 is 1.50 bits per heavy atom. The lowest BCUT2D eigenvalue weighted by Gasteiger charge is -2.13. The van der Waals surface area contributed by atoms with Crippen molar-refractivity contribution in [1.82, 2.24) is 0 Å². The molecule has 0 aromatic carbocycles. The quantitative estimate of drug-likeness (QED) is 0.417. The molecule has 0 radical (unpaired) electrons. The summed E-state index contributed by atoms with van der Waals surface area (Å²) in [6.07, 6.45) is -5.70. The Kier molecular flexibility index (Phi) is 4.10. The first-order valence-electron chi connectivity index (χ1n) is 2.69. The second-order valence-electron chi connectivity index (χ2n) is 1.82. The fraction of sp³-hybridized carbons (Fsp3) is 0.800. The minimum atomic E-state index is -2.11. The number of halogens is 1. The van der Waals surface area contributed by atoms with Crippen LogP contribution in [-0.2, 0) is 4.79 Å². The molecule has 0 amide bonds. The number of carbonyl (C=O) groups is 1. The van der Waals surface area contributed by atoms with E-state index in [1.165, 1.54) is 0 Å². The van der Waals surface area contributed by atoms with E-state index >= 15 is 0 Å². The first-order chi connectivity index (χ1) is 4.63. The Bertz CT molecular complexity index is 108. The Morgan fingerprint density at radius 2 is 2.00 bits per heavy atom. The van der Waals surface area contributed by atoms with E-state index in [0.717, 1.165) is 0 Å². The third-order valence-corrected chi connectivity index (χ3v) is 1.02. The summed E-state index contributed by atoms with van der Waals surface area (Å²) in [6, 6.07) is 0. The predicted molar refractivity (Wildman–Crippen MR) is 30.1 cm³/mol. The normalized spacial score (nSPS) is 19.6. The van der Waals surface area contributed by atoms with Gasteiger partial charge in [0.05, 0.1) is 6.61 Å². The largest absolute Gasteiger partial charge is 0.394 e. The molecule has 5 heteroatoms. The smallest absolute Gasteiger partial charge is 0.161 e. The molecule has 0 heterocycles. The van der Waals surface area contributed by atoms with E-state index in [9.17, 15) is 9.18 Å². The lowest BCUT2D eigenvalue weighted by Crippen LogP contribution is -2.36. The zero-order chi connectivity index (χ0) is 8.15. The molecular weight excluding hydrogens is 143 g/mol. The second-order valence-corrected chi connectivity index (χ2v) is 1.82. The first-order valence-corrected chi connectivity index (χ1v) is 2.69. The molecule has 0 aliphatic carbocycles. The van der Waals surface area contributed by atoms with Crippen LogP contribution in [0.15, 0.2) is 0 Å². The molecule has 0 aromatic rings. The van der Waals surface area contributed by atoms with E-state index < -0.39 is 25.0 Å². The molecule has 4 nitrogen and oxygen atoms in total. The number of aldehydes is 1. The number of carbonyl (C=O) groups excluding carboxylic acids is 1. The van der Waals surface area contributed by atoms with Crippen LogP contribution in [-0.4, -0.2) is 46.6 Å². The summed E-state index contributed by atoms with van der Waals surface area (Å²) in [4.78, 5) is 9.68. The summed E-state index contributed by atoms with van der Waals surface area (Å²) in [6.45, 7) is -0.813. The topological polar surface area (TPSA) is 77.8 Å². The molecule has 10 heavy (non-hydrogen) atoms. The molecule has 0 fully saturated rings. The Labute approximate surface area is 56.9 Å². The van der Waals surface area contributed by atoms with Crippen molar-refractivity contribution in [1.29, 1.82) is 0 Å². The van der Waals surface area contributed by atoms with Crippen molar-refractivity contribution in [2.45, 2.75) is 18.4 Å². The molecule has 3 atom stereocenters. The minimum absolute atomic E-state index is 0.0381. The van der Waals surface area contributed by atoms with Gasteiger partial charge >= 0.3 is 0 Å². The minimum Gasteiger partial charge on any atom is -0.394 e. The summed E-state index contributed by atoms with van der Waals surface area (Å²) < 4.78 is 12.3. The standard InChI is InChI=1S/C5H9FO4/c6-5(3(9)1-7)4(10)2-8/h1,3-5,8-10H,2H2/t3-,4+,5+/m0/s1. The van der Waals surface area contributed by atoms with Crippen molar-refractivity contribution < 1.29 is 24.5 Å². The van der Waals surface area contributed by atoms with Crippen LogP contribution in [0.4, 0.5) is 4.39 Å². The van der Waals surface area contributed by atoms with Crippen LogP contribution in [0.3, 0.4) is 0 Å². The van der Waals surface area contributed by atoms with Crippen molar-refractivity contribution in [2.75, 3.05) is 6.61 Å². The SMILES string of the molecule is O=C[C@H](O)[C@@H](F)[C@H](O)CO. The highest BCUT2D eigenvalue weighted by Gasteiger charge is 2.25. The van der Waals surface area contributed by atoms with E-state index in [2.05, 4.69) is 0 Å². The fourth-order valence-electron chi connectivity index (χ4n) is 0.403. The maximum atomic E-state index is 12.3. The third-order valence-electron chi connectivity index (χ3n) is 1.02. The number of rotatable bonds is 4. The van der Waals surface area contributed by atoms with Crippen molar-refractivity contribution in [3.8, 4) is 0 Å². The van der Waals surface area contributed by atoms with Gasteiger partial charge in [-0.05, 0) is 0 Å². The van der Waals surface area contributed by atoms with E-state index in [1.807, 2.05) is 0 Å². The van der Waals surface area contributed by atoms with E-state index in [-0.39, 0.29) is 6.29 Å². The number of alkyl halides is 1. The Morgan fingerprint density at radius 3 is 2.30 bits per heavy atom. The van der Waals surface area contributed by atoms with Crippen molar-refractivity contribution >= 4 is 6.29 Å². The van der Waals surface area contributed by atoms with E-state index in [0.29, 0.717) is 0 Å². The van der Waals surface area contributed by atoms with Gasteiger partial charge < -0.3 is 20.1 Å². The van der Waals surface area contributed by atoms with Crippen molar-refractivity contribution in [3.63, 3.8) is 0 Å². The van der Waals surface area contributed by atoms with Crippen LogP contribution in [0.2, 0.25) is 0 Å². The predicted octanol–water partition coefficient (Wildman–Crippen LogP) is -1.76. The lowest BCUT2D eigenvalue weighted by atomic mass is 10.1. The number of hydrogen-bond donors (Lipinski definition) is 3. The molecule has 0 aliphatic rings. The maximum Gasteiger partial charge on any atom is 0.161 e. The molecule has 0 saturated heterocycles. The molecule has 0 unspecified atom stereocenters. The molecular formula is C5H9FO4. The molecule has 3 N–H and O–H groups in total.